The minimum Gasteiger partial charge on any atom is -0.432 e. The Balaban J connectivity index is 1.95. The van der Waals surface area contributed by atoms with E-state index < -0.39 is 33.3 Å². The Kier molecular flexibility index (Phi) is 8.21. The summed E-state index contributed by atoms with van der Waals surface area (Å²) < 4.78 is 7.63. The number of nitro groups is 1. The molecule has 1 unspecified atom stereocenters. The van der Waals surface area contributed by atoms with Gasteiger partial charge in [0.2, 0.25) is 9.58 Å². The summed E-state index contributed by atoms with van der Waals surface area (Å²) in [6, 6.07) is 12.8. The number of ether oxygens (including phenoxy) is 2. The molecule has 11 heteroatoms. The summed E-state index contributed by atoms with van der Waals surface area (Å²) in [6.07, 6.45) is -1.12. The van der Waals surface area contributed by atoms with Gasteiger partial charge in [0.1, 0.15) is 18.4 Å². The van der Waals surface area contributed by atoms with E-state index >= 15 is 0 Å². The quantitative estimate of drug-likeness (QED) is 0.206. The number of Topliss-reactive ketones (excluding diaryl/α,β-unsaturated/α-hetero) is 1. The van der Waals surface area contributed by atoms with Crippen molar-refractivity contribution in [2.75, 3.05) is 6.61 Å². The molecular weight excluding hydrogens is 447 g/mol. The highest BCUT2D eigenvalue weighted by Gasteiger charge is 2.37. The van der Waals surface area contributed by atoms with Gasteiger partial charge >= 0.3 is 6.16 Å². The summed E-state index contributed by atoms with van der Waals surface area (Å²) in [5.74, 6) is -0.774. The second kappa shape index (κ2) is 10.4. The van der Waals surface area contributed by atoms with Gasteiger partial charge in [0.15, 0.2) is 0 Å². The van der Waals surface area contributed by atoms with Crippen LogP contribution in [0, 0.1) is 10.1 Å². The third-order valence-electron chi connectivity index (χ3n) is 3.61. The average molecular weight is 462 g/mol. The van der Waals surface area contributed by atoms with Crippen LogP contribution >= 0.6 is 34.8 Å². The Hall–Kier alpha value is -2.39. The van der Waals surface area contributed by atoms with Gasteiger partial charge in [0.25, 0.3) is 5.69 Å². The number of non-ortho nitro benzene ring substituents is 1. The highest BCUT2D eigenvalue weighted by molar-refractivity contribution is 6.76. The summed E-state index contributed by atoms with van der Waals surface area (Å²) >= 11 is 17.0. The highest BCUT2D eigenvalue weighted by atomic mass is 35.6. The van der Waals surface area contributed by atoms with Crippen LogP contribution in [0.1, 0.15) is 5.56 Å². The van der Waals surface area contributed by atoms with Crippen LogP contribution in [-0.4, -0.2) is 33.3 Å². The fraction of sp³-hybridized carbons (Fsp3) is 0.222. The maximum Gasteiger partial charge on any atom is 0.513 e. The molecule has 0 aromatic heterocycles. The zero-order valence-electron chi connectivity index (χ0n) is 14.7. The molecule has 2 aromatic carbocycles. The van der Waals surface area contributed by atoms with Crippen LogP contribution in [0.3, 0.4) is 0 Å². The summed E-state index contributed by atoms with van der Waals surface area (Å²) in [5, 5.41) is 13.5. The highest BCUT2D eigenvalue weighted by Crippen LogP contribution is 2.28. The van der Waals surface area contributed by atoms with Crippen LogP contribution in [0.25, 0.3) is 0 Å². The van der Waals surface area contributed by atoms with Crippen molar-refractivity contribution in [3.05, 3.63) is 70.3 Å². The van der Waals surface area contributed by atoms with Crippen molar-refractivity contribution < 1.29 is 24.0 Å². The molecule has 8 nitrogen and oxygen atoms in total. The SMILES string of the molecule is O=C(OCC(NCc1ccccc1)C(=O)C(Cl)(Cl)Cl)Oc1ccc([N+](=O)[O-])cc1. The zero-order chi connectivity index (χ0) is 21.4. The Morgan fingerprint density at radius 1 is 1.07 bits per heavy atom. The molecular formula is C18H15Cl3N2O6. The van der Waals surface area contributed by atoms with Crippen LogP contribution in [0.2, 0.25) is 0 Å². The molecule has 0 spiro atoms. The summed E-state index contributed by atoms with van der Waals surface area (Å²) in [7, 11) is 0. The predicted molar refractivity (Wildman–Crippen MR) is 107 cm³/mol. The van der Waals surface area contributed by atoms with Crippen molar-refractivity contribution in [3.63, 3.8) is 0 Å². The van der Waals surface area contributed by atoms with E-state index in [0.29, 0.717) is 0 Å². The third kappa shape index (κ3) is 7.51. The smallest absolute Gasteiger partial charge is 0.432 e. The van der Waals surface area contributed by atoms with Gasteiger partial charge in [0.05, 0.1) is 4.92 Å². The molecule has 0 saturated carbocycles. The average Bonchev–Trinajstić information content (AvgIpc) is 2.68. The van der Waals surface area contributed by atoms with Gasteiger partial charge in [-0.05, 0) is 17.7 Å². The number of alkyl halides is 3. The number of rotatable bonds is 8. The first-order valence-electron chi connectivity index (χ1n) is 8.14. The van der Waals surface area contributed by atoms with Crippen LogP contribution in [0.15, 0.2) is 54.6 Å². The number of ketones is 1. The second-order valence-corrected chi connectivity index (χ2v) is 7.98. The van der Waals surface area contributed by atoms with Gasteiger partial charge in [-0.25, -0.2) is 4.79 Å². The number of nitrogens with one attached hydrogen (secondary N) is 1. The zero-order valence-corrected chi connectivity index (χ0v) is 17.0. The number of nitrogens with zero attached hydrogens (tertiary/aromatic N) is 1. The van der Waals surface area contributed by atoms with Gasteiger partial charge in [-0.2, -0.15) is 0 Å². The van der Waals surface area contributed by atoms with E-state index in [1.54, 1.807) is 0 Å². The van der Waals surface area contributed by atoms with Crippen molar-refractivity contribution in [2.24, 2.45) is 0 Å². The summed E-state index contributed by atoms with van der Waals surface area (Å²) in [6.45, 7) is -0.190. The van der Waals surface area contributed by atoms with E-state index in [-0.39, 0.29) is 18.0 Å². The molecule has 0 aliphatic rings. The molecule has 0 saturated heterocycles. The van der Waals surface area contributed by atoms with Gasteiger partial charge in [-0.15, -0.1) is 0 Å². The molecule has 0 fully saturated rings. The van der Waals surface area contributed by atoms with Gasteiger partial charge in [-0.1, -0.05) is 65.1 Å². The number of benzene rings is 2. The number of hydrogen-bond donors (Lipinski definition) is 1. The predicted octanol–water partition coefficient (Wildman–Crippen LogP) is 4.21. The molecule has 154 valence electrons. The molecule has 0 aliphatic heterocycles. The third-order valence-corrected chi connectivity index (χ3v) is 4.17. The Morgan fingerprint density at radius 3 is 2.24 bits per heavy atom. The van der Waals surface area contributed by atoms with E-state index in [4.69, 9.17) is 44.3 Å². The minimum absolute atomic E-state index is 0.0297. The molecule has 1 atom stereocenters. The van der Waals surface area contributed by atoms with E-state index in [1.807, 2.05) is 30.3 Å². The van der Waals surface area contributed by atoms with Gasteiger partial charge < -0.3 is 14.8 Å². The van der Waals surface area contributed by atoms with Crippen LogP contribution in [0.4, 0.5) is 10.5 Å². The van der Waals surface area contributed by atoms with E-state index in [9.17, 15) is 19.7 Å². The minimum atomic E-state index is -2.21. The lowest BCUT2D eigenvalue weighted by Gasteiger charge is -2.21. The topological polar surface area (TPSA) is 108 Å². The Morgan fingerprint density at radius 2 is 1.69 bits per heavy atom. The second-order valence-electron chi connectivity index (χ2n) is 5.70. The monoisotopic (exact) mass is 460 g/mol. The van der Waals surface area contributed by atoms with Crippen molar-refractivity contribution in [3.8, 4) is 5.75 Å². The summed E-state index contributed by atoms with van der Waals surface area (Å²) in [4.78, 5) is 34.2. The number of hydrogen-bond acceptors (Lipinski definition) is 7. The van der Waals surface area contributed by atoms with Crippen molar-refractivity contribution in [1.82, 2.24) is 5.32 Å². The maximum atomic E-state index is 12.3. The first kappa shape index (κ1) is 22.9. The molecule has 0 bridgehead atoms. The molecule has 2 aromatic rings. The van der Waals surface area contributed by atoms with Crippen molar-refractivity contribution >= 4 is 52.4 Å². The standard InChI is InChI=1S/C18H15Cl3N2O6/c19-18(20,21)16(24)15(22-10-12-4-2-1-3-5-12)11-28-17(25)29-14-8-6-13(7-9-14)23(26)27/h1-9,15,22H,10-11H2. The number of halogens is 3. The first-order chi connectivity index (χ1) is 13.7. The molecule has 0 amide bonds. The van der Waals surface area contributed by atoms with Crippen molar-refractivity contribution in [2.45, 2.75) is 16.4 Å². The molecule has 1 N–H and O–H groups in total. The number of carbonyl (C=O) groups excluding carboxylic acids is 2. The fourth-order valence-electron chi connectivity index (χ4n) is 2.17. The molecule has 29 heavy (non-hydrogen) atoms. The van der Waals surface area contributed by atoms with Crippen LogP contribution in [0.5, 0.6) is 5.75 Å². The fourth-order valence-corrected chi connectivity index (χ4v) is 2.57. The number of nitro benzene ring substituents is 1. The van der Waals surface area contributed by atoms with Gasteiger partial charge in [-0.3, -0.25) is 14.9 Å². The molecule has 0 aliphatic carbocycles. The van der Waals surface area contributed by atoms with E-state index in [1.165, 1.54) is 24.3 Å². The Bertz CT molecular complexity index is 856. The number of carbonyl (C=O) groups is 2. The lowest BCUT2D eigenvalue weighted by Crippen LogP contribution is -2.46. The van der Waals surface area contributed by atoms with Crippen LogP contribution in [-0.2, 0) is 16.1 Å². The molecule has 2 rings (SSSR count). The summed E-state index contributed by atoms with van der Waals surface area (Å²) in [5.41, 5.74) is 0.701. The molecule has 0 heterocycles. The van der Waals surface area contributed by atoms with E-state index in [0.717, 1.165) is 5.56 Å². The largest absolute Gasteiger partial charge is 0.513 e. The maximum absolute atomic E-state index is 12.3. The first-order valence-corrected chi connectivity index (χ1v) is 9.27. The van der Waals surface area contributed by atoms with Gasteiger partial charge in [0, 0.05) is 18.7 Å². The lowest BCUT2D eigenvalue weighted by atomic mass is 10.1. The molecule has 0 radical (unpaired) electrons. The van der Waals surface area contributed by atoms with E-state index in [2.05, 4.69) is 5.32 Å². The Labute approximate surface area is 180 Å². The van der Waals surface area contributed by atoms with Crippen LogP contribution < -0.4 is 10.1 Å². The lowest BCUT2D eigenvalue weighted by molar-refractivity contribution is -0.384. The normalized spacial score (nSPS) is 12.1. The van der Waals surface area contributed by atoms with Crippen molar-refractivity contribution in [1.29, 1.82) is 0 Å².